The zero-order chi connectivity index (χ0) is 19.6. The van der Waals surface area contributed by atoms with Crippen molar-refractivity contribution in [2.75, 3.05) is 18.5 Å². The number of ether oxygens (including phenoxy) is 2. The molecule has 27 heavy (non-hydrogen) atoms. The van der Waals surface area contributed by atoms with Gasteiger partial charge in [-0.25, -0.2) is 4.98 Å². The number of nitrogens with one attached hydrogen (secondary N) is 1. The fourth-order valence-electron chi connectivity index (χ4n) is 2.25. The molecule has 1 aliphatic heterocycles. The van der Waals surface area contributed by atoms with Crippen LogP contribution in [0.15, 0.2) is 35.5 Å². The summed E-state index contributed by atoms with van der Waals surface area (Å²) in [6, 6.07) is 5.80. The largest absolute Gasteiger partial charge is 0.486 e. The number of nitrogens with zero attached hydrogens (tertiary/aromatic N) is 1. The first kappa shape index (κ1) is 19.6. The minimum Gasteiger partial charge on any atom is -0.486 e. The molecule has 1 atom stereocenters. The highest BCUT2D eigenvalue weighted by Gasteiger charge is 2.32. The van der Waals surface area contributed by atoms with Gasteiger partial charge in [0.1, 0.15) is 18.2 Å². The van der Waals surface area contributed by atoms with Crippen molar-refractivity contribution in [1.29, 1.82) is 0 Å². The first-order chi connectivity index (χ1) is 12.7. The smallest absolute Gasteiger partial charge is 0.417 e. The Morgan fingerprint density at radius 2 is 1.96 bits per heavy atom. The second-order valence-electron chi connectivity index (χ2n) is 5.62. The second kappa shape index (κ2) is 7.85. The highest BCUT2D eigenvalue weighted by atomic mass is 35.5. The van der Waals surface area contributed by atoms with E-state index in [1.165, 1.54) is 0 Å². The Morgan fingerprint density at radius 3 is 2.63 bits per heavy atom. The molecule has 0 radical (unpaired) electrons. The van der Waals surface area contributed by atoms with Crippen molar-refractivity contribution in [3.8, 4) is 11.5 Å². The summed E-state index contributed by atoms with van der Waals surface area (Å²) in [7, 11) is 0. The van der Waals surface area contributed by atoms with Crippen LogP contribution < -0.4 is 14.8 Å². The summed E-state index contributed by atoms with van der Waals surface area (Å²) in [6.45, 7) is 2.50. The Hall–Kier alpha value is -2.13. The Morgan fingerprint density at radius 1 is 1.26 bits per heavy atom. The third kappa shape index (κ3) is 4.78. The number of thioether (sulfide) groups is 1. The highest BCUT2D eigenvalue weighted by Crippen LogP contribution is 2.36. The van der Waals surface area contributed by atoms with Gasteiger partial charge in [-0.05, 0) is 25.1 Å². The summed E-state index contributed by atoms with van der Waals surface area (Å²) in [6.07, 6.45) is -3.83. The lowest BCUT2D eigenvalue weighted by atomic mass is 10.2. The molecule has 5 nitrogen and oxygen atoms in total. The third-order valence-corrected chi connectivity index (χ3v) is 5.12. The minimum absolute atomic E-state index is 0.148. The summed E-state index contributed by atoms with van der Waals surface area (Å²) >= 11 is 6.85. The van der Waals surface area contributed by atoms with E-state index < -0.39 is 17.0 Å². The lowest BCUT2D eigenvalue weighted by Gasteiger charge is -2.19. The van der Waals surface area contributed by atoms with Gasteiger partial charge >= 0.3 is 6.18 Å². The van der Waals surface area contributed by atoms with Crippen molar-refractivity contribution in [1.82, 2.24) is 4.98 Å². The van der Waals surface area contributed by atoms with Crippen LogP contribution in [0.3, 0.4) is 0 Å². The molecular formula is C17H14ClF3N2O3S. The topological polar surface area (TPSA) is 60.5 Å². The van der Waals surface area contributed by atoms with Gasteiger partial charge in [0.15, 0.2) is 11.5 Å². The molecule has 2 heterocycles. The minimum atomic E-state index is -4.53. The van der Waals surface area contributed by atoms with E-state index in [-0.39, 0.29) is 16.0 Å². The summed E-state index contributed by atoms with van der Waals surface area (Å²) in [4.78, 5) is 16.1. The maximum atomic E-state index is 12.7. The predicted molar refractivity (Wildman–Crippen MR) is 95.6 cm³/mol. The van der Waals surface area contributed by atoms with E-state index in [1.54, 1.807) is 25.1 Å². The number of pyridine rings is 1. The van der Waals surface area contributed by atoms with Crippen LogP contribution >= 0.6 is 23.4 Å². The zero-order valence-corrected chi connectivity index (χ0v) is 15.5. The van der Waals surface area contributed by atoms with Crippen LogP contribution in [0.1, 0.15) is 12.5 Å². The number of carbonyl (C=O) groups excluding carboxylic acids is 1. The summed E-state index contributed by atoms with van der Waals surface area (Å²) in [5, 5.41) is 2.07. The quantitative estimate of drug-likeness (QED) is 0.733. The summed E-state index contributed by atoms with van der Waals surface area (Å²) in [5.41, 5.74) is -0.423. The average Bonchev–Trinajstić information content (AvgIpc) is 2.62. The lowest BCUT2D eigenvalue weighted by Crippen LogP contribution is -2.23. The van der Waals surface area contributed by atoms with Gasteiger partial charge in [-0.3, -0.25) is 4.79 Å². The van der Waals surface area contributed by atoms with Crippen LogP contribution in [-0.4, -0.2) is 29.4 Å². The Bertz CT molecular complexity index is 864. The molecule has 0 saturated heterocycles. The third-order valence-electron chi connectivity index (χ3n) is 3.60. The van der Waals surface area contributed by atoms with E-state index in [1.807, 2.05) is 0 Å². The van der Waals surface area contributed by atoms with E-state index in [2.05, 4.69) is 10.3 Å². The maximum absolute atomic E-state index is 12.7. The number of hydrogen-bond acceptors (Lipinski definition) is 5. The van der Waals surface area contributed by atoms with Crippen molar-refractivity contribution < 1.29 is 27.4 Å². The molecule has 1 aromatic heterocycles. The highest BCUT2D eigenvalue weighted by molar-refractivity contribution is 8.00. The van der Waals surface area contributed by atoms with E-state index >= 15 is 0 Å². The average molecular weight is 419 g/mol. The van der Waals surface area contributed by atoms with Crippen molar-refractivity contribution in [3.05, 3.63) is 41.0 Å². The number of amides is 1. The van der Waals surface area contributed by atoms with Crippen molar-refractivity contribution in [2.45, 2.75) is 23.4 Å². The fraction of sp³-hybridized carbons (Fsp3) is 0.294. The normalized spacial score (nSPS) is 14.6. The Kier molecular flexibility index (Phi) is 5.71. The fourth-order valence-corrected chi connectivity index (χ4v) is 3.34. The van der Waals surface area contributed by atoms with Crippen molar-refractivity contribution >= 4 is 35.0 Å². The molecule has 0 unspecified atom stereocenters. The molecule has 1 aliphatic rings. The number of benzene rings is 1. The molecule has 0 aliphatic carbocycles. The van der Waals surface area contributed by atoms with Crippen LogP contribution in [-0.2, 0) is 11.0 Å². The zero-order valence-electron chi connectivity index (χ0n) is 14.0. The number of carbonyl (C=O) groups is 1. The van der Waals surface area contributed by atoms with Crippen LogP contribution in [0.4, 0.5) is 18.9 Å². The first-order valence-electron chi connectivity index (χ1n) is 7.84. The van der Waals surface area contributed by atoms with Crippen LogP contribution in [0.2, 0.25) is 5.02 Å². The monoisotopic (exact) mass is 418 g/mol. The van der Waals surface area contributed by atoms with Crippen molar-refractivity contribution in [2.24, 2.45) is 0 Å². The van der Waals surface area contributed by atoms with Gasteiger partial charge in [0, 0.05) is 18.0 Å². The van der Waals surface area contributed by atoms with Crippen molar-refractivity contribution in [3.63, 3.8) is 0 Å². The van der Waals surface area contributed by atoms with Gasteiger partial charge in [0.05, 0.1) is 15.8 Å². The summed E-state index contributed by atoms with van der Waals surface area (Å²) in [5.74, 6) is 0.781. The number of anilines is 1. The lowest BCUT2D eigenvalue weighted by molar-refractivity contribution is -0.137. The Balaban J connectivity index is 1.66. The summed E-state index contributed by atoms with van der Waals surface area (Å²) < 4.78 is 48.9. The number of halogens is 4. The molecule has 0 spiro atoms. The molecule has 144 valence electrons. The molecule has 0 fully saturated rings. The molecule has 0 saturated carbocycles. The van der Waals surface area contributed by atoms with Crippen LogP contribution in [0.25, 0.3) is 0 Å². The SMILES string of the molecule is C[C@@H](Sc1ncc(C(F)(F)F)cc1Cl)C(=O)Nc1ccc2c(c1)OCCO2. The van der Waals surface area contributed by atoms with Gasteiger partial charge in [0.2, 0.25) is 5.91 Å². The van der Waals surface area contributed by atoms with Gasteiger partial charge in [0.25, 0.3) is 0 Å². The van der Waals surface area contributed by atoms with Crippen LogP contribution in [0, 0.1) is 0 Å². The molecule has 1 N–H and O–H groups in total. The van der Waals surface area contributed by atoms with E-state index in [0.29, 0.717) is 36.6 Å². The predicted octanol–water partition coefficient (Wildman–Crippen LogP) is 4.64. The molecule has 1 aromatic carbocycles. The van der Waals surface area contributed by atoms with E-state index in [4.69, 9.17) is 21.1 Å². The van der Waals surface area contributed by atoms with E-state index in [0.717, 1.165) is 17.8 Å². The number of rotatable bonds is 4. The first-order valence-corrected chi connectivity index (χ1v) is 9.09. The molecular weight excluding hydrogens is 405 g/mol. The number of fused-ring (bicyclic) bond motifs is 1. The Labute approximate surface area is 162 Å². The van der Waals surface area contributed by atoms with Crippen LogP contribution in [0.5, 0.6) is 11.5 Å². The second-order valence-corrected chi connectivity index (χ2v) is 7.35. The van der Waals surface area contributed by atoms with E-state index in [9.17, 15) is 18.0 Å². The molecule has 1 amide bonds. The molecule has 10 heteroatoms. The molecule has 2 aromatic rings. The van der Waals surface area contributed by atoms with Gasteiger partial charge in [-0.2, -0.15) is 13.2 Å². The van der Waals surface area contributed by atoms with Gasteiger partial charge in [-0.15, -0.1) is 0 Å². The molecule has 0 bridgehead atoms. The van der Waals surface area contributed by atoms with Gasteiger partial charge < -0.3 is 14.8 Å². The number of hydrogen-bond donors (Lipinski definition) is 1. The van der Waals surface area contributed by atoms with Gasteiger partial charge in [-0.1, -0.05) is 23.4 Å². The number of aromatic nitrogens is 1. The maximum Gasteiger partial charge on any atom is 0.417 e. The number of alkyl halides is 3. The standard InChI is InChI=1S/C17H14ClF3N2O3S/c1-9(27-16-12(18)6-10(8-22-16)17(19,20)21)15(24)23-11-2-3-13-14(7-11)26-5-4-25-13/h2-3,6-9H,4-5H2,1H3,(H,23,24)/t9-/m1/s1. The molecule has 3 rings (SSSR count).